The first-order chi connectivity index (χ1) is 9.63. The zero-order chi connectivity index (χ0) is 14.1. The van der Waals surface area contributed by atoms with E-state index in [1.54, 1.807) is 10.7 Å². The lowest BCUT2D eigenvalue weighted by atomic mass is 9.97. The molecule has 5 nitrogen and oxygen atoms in total. The van der Waals surface area contributed by atoms with Gasteiger partial charge in [-0.3, -0.25) is 0 Å². The number of aromatic nitrogens is 3. The average Bonchev–Trinajstić information content (AvgIpc) is 2.80. The van der Waals surface area contributed by atoms with Crippen LogP contribution in [0.25, 0.3) is 5.65 Å². The predicted molar refractivity (Wildman–Crippen MR) is 84.4 cm³/mol. The summed E-state index contributed by atoms with van der Waals surface area (Å²) >= 11 is 9.51. The maximum absolute atomic E-state index is 6.07. The number of hydrogen-bond acceptors (Lipinski definition) is 4. The zero-order valence-electron chi connectivity index (χ0n) is 11.3. The Balaban J connectivity index is 1.74. The third kappa shape index (κ3) is 2.92. The summed E-state index contributed by atoms with van der Waals surface area (Å²) in [5.41, 5.74) is 0.739. The van der Waals surface area contributed by atoms with Crippen molar-refractivity contribution >= 4 is 39.0 Å². The van der Waals surface area contributed by atoms with E-state index in [9.17, 15) is 0 Å². The van der Waals surface area contributed by atoms with Crippen LogP contribution < -0.4 is 5.32 Å². The maximum Gasteiger partial charge on any atom is 0.173 e. The molecule has 1 aliphatic rings. The second kappa shape index (κ2) is 5.87. The summed E-state index contributed by atoms with van der Waals surface area (Å²) in [4.78, 5) is 6.65. The Labute approximate surface area is 131 Å². The summed E-state index contributed by atoms with van der Waals surface area (Å²) in [5, 5.41) is 8.25. The number of halogens is 2. The van der Waals surface area contributed by atoms with Gasteiger partial charge in [-0.2, -0.15) is 9.61 Å². The Hall–Kier alpha value is -0.850. The number of fused-ring (bicyclic) bond motifs is 1. The smallest absolute Gasteiger partial charge is 0.173 e. The fourth-order valence-electron chi connectivity index (χ4n) is 2.55. The Bertz CT molecular complexity index is 606. The number of anilines is 1. The molecule has 1 N–H and O–H groups in total. The van der Waals surface area contributed by atoms with Gasteiger partial charge in [0.2, 0.25) is 0 Å². The minimum atomic E-state index is 0.476. The summed E-state index contributed by atoms with van der Waals surface area (Å²) in [6.45, 7) is 3.29. The van der Waals surface area contributed by atoms with Crippen molar-refractivity contribution in [3.8, 4) is 0 Å². The van der Waals surface area contributed by atoms with Gasteiger partial charge in [0.05, 0.1) is 10.7 Å². The molecule has 7 heteroatoms. The number of piperidine rings is 1. The molecule has 0 radical (unpaired) electrons. The second-order valence-electron chi connectivity index (χ2n) is 5.32. The lowest BCUT2D eigenvalue weighted by Gasteiger charge is -2.29. The Morgan fingerprint density at radius 2 is 2.20 bits per heavy atom. The molecule has 0 spiro atoms. The van der Waals surface area contributed by atoms with Gasteiger partial charge in [-0.15, -0.1) is 0 Å². The first-order valence-corrected chi connectivity index (χ1v) is 7.93. The van der Waals surface area contributed by atoms with Gasteiger partial charge in [0.25, 0.3) is 0 Å². The van der Waals surface area contributed by atoms with Gasteiger partial charge < -0.3 is 10.2 Å². The second-order valence-corrected chi connectivity index (χ2v) is 6.56. The highest BCUT2D eigenvalue weighted by atomic mass is 79.9. The number of hydrogen-bond donors (Lipinski definition) is 1. The molecule has 1 saturated heterocycles. The number of nitrogens with zero attached hydrogens (tertiary/aromatic N) is 4. The van der Waals surface area contributed by atoms with E-state index < -0.39 is 0 Å². The van der Waals surface area contributed by atoms with Gasteiger partial charge in [0, 0.05) is 12.6 Å². The largest absolute Gasteiger partial charge is 0.370 e. The molecule has 20 heavy (non-hydrogen) atoms. The van der Waals surface area contributed by atoms with E-state index in [4.69, 9.17) is 11.6 Å². The van der Waals surface area contributed by atoms with Crippen molar-refractivity contribution in [3.63, 3.8) is 0 Å². The minimum absolute atomic E-state index is 0.476. The van der Waals surface area contributed by atoms with E-state index in [-0.39, 0.29) is 0 Å². The molecule has 1 aliphatic heterocycles. The molecule has 0 saturated carbocycles. The normalized spacial score (nSPS) is 17.8. The van der Waals surface area contributed by atoms with E-state index in [0.717, 1.165) is 22.5 Å². The van der Waals surface area contributed by atoms with Crippen LogP contribution in [0.3, 0.4) is 0 Å². The van der Waals surface area contributed by atoms with Crippen LogP contribution in [0.5, 0.6) is 0 Å². The van der Waals surface area contributed by atoms with Crippen LogP contribution in [0.2, 0.25) is 5.15 Å². The molecular formula is C13H17BrClN5. The summed E-state index contributed by atoms with van der Waals surface area (Å²) in [7, 11) is 2.18. The molecule has 2 aromatic heterocycles. The quantitative estimate of drug-likeness (QED) is 0.857. The third-order valence-corrected chi connectivity index (χ3v) is 4.56. The topological polar surface area (TPSA) is 45.5 Å². The first-order valence-electron chi connectivity index (χ1n) is 6.75. The highest BCUT2D eigenvalue weighted by molar-refractivity contribution is 9.10. The van der Waals surface area contributed by atoms with Crippen molar-refractivity contribution in [2.75, 3.05) is 32.0 Å². The fourth-order valence-corrected chi connectivity index (χ4v) is 3.08. The summed E-state index contributed by atoms with van der Waals surface area (Å²) in [6.07, 6.45) is 4.20. The molecule has 0 aliphatic carbocycles. The number of rotatable bonds is 3. The molecular weight excluding hydrogens is 342 g/mol. The predicted octanol–water partition coefficient (Wildman–Crippen LogP) is 2.90. The van der Waals surface area contributed by atoms with E-state index in [2.05, 4.69) is 43.3 Å². The summed E-state index contributed by atoms with van der Waals surface area (Å²) < 4.78 is 2.63. The molecule has 108 valence electrons. The van der Waals surface area contributed by atoms with Crippen LogP contribution in [0.1, 0.15) is 12.8 Å². The lowest BCUT2D eigenvalue weighted by Crippen LogP contribution is -2.33. The lowest BCUT2D eigenvalue weighted by molar-refractivity contribution is 0.226. The van der Waals surface area contributed by atoms with Crippen molar-refractivity contribution in [3.05, 3.63) is 21.9 Å². The number of nitrogens with one attached hydrogen (secondary N) is 1. The monoisotopic (exact) mass is 357 g/mol. The Kier molecular flexibility index (Phi) is 4.14. The molecule has 0 amide bonds. The molecule has 3 rings (SSSR count). The highest BCUT2D eigenvalue weighted by Crippen LogP contribution is 2.23. The van der Waals surface area contributed by atoms with Gasteiger partial charge >= 0.3 is 0 Å². The number of likely N-dealkylation sites (tertiary alicyclic amines) is 1. The fraction of sp³-hybridized carbons (Fsp3) is 0.538. The SMILES string of the molecule is CN1CCC(CNc2cc(Cl)nc3c(Br)cnn23)CC1. The van der Waals surface area contributed by atoms with Gasteiger partial charge in [0.1, 0.15) is 11.0 Å². The molecule has 0 bridgehead atoms. The van der Waals surface area contributed by atoms with Crippen LogP contribution in [0, 0.1) is 5.92 Å². The van der Waals surface area contributed by atoms with Gasteiger partial charge in [0.15, 0.2) is 5.65 Å². The van der Waals surface area contributed by atoms with Crippen molar-refractivity contribution in [1.29, 1.82) is 0 Å². The van der Waals surface area contributed by atoms with Gasteiger partial charge in [-0.05, 0) is 54.8 Å². The van der Waals surface area contributed by atoms with E-state index >= 15 is 0 Å². The van der Waals surface area contributed by atoms with Crippen LogP contribution >= 0.6 is 27.5 Å². The molecule has 3 heterocycles. The average molecular weight is 359 g/mol. The van der Waals surface area contributed by atoms with Crippen LogP contribution in [-0.4, -0.2) is 46.2 Å². The maximum atomic E-state index is 6.07. The van der Waals surface area contributed by atoms with Crippen molar-refractivity contribution in [2.45, 2.75) is 12.8 Å². The van der Waals surface area contributed by atoms with Crippen LogP contribution in [0.4, 0.5) is 5.82 Å². The Morgan fingerprint density at radius 3 is 2.95 bits per heavy atom. The summed E-state index contributed by atoms with van der Waals surface area (Å²) in [5.74, 6) is 1.59. The standard InChI is InChI=1S/C13H17BrClN5/c1-19-4-2-9(3-5-19)7-16-12-6-11(15)18-13-10(14)8-17-20(12)13/h6,8-9,16H,2-5,7H2,1H3. The van der Waals surface area contributed by atoms with Crippen molar-refractivity contribution in [1.82, 2.24) is 19.5 Å². The van der Waals surface area contributed by atoms with Gasteiger partial charge in [-0.25, -0.2) is 4.98 Å². The molecule has 1 fully saturated rings. The minimum Gasteiger partial charge on any atom is -0.370 e. The van der Waals surface area contributed by atoms with Crippen LogP contribution in [-0.2, 0) is 0 Å². The Morgan fingerprint density at radius 1 is 1.45 bits per heavy atom. The van der Waals surface area contributed by atoms with Crippen molar-refractivity contribution in [2.24, 2.45) is 5.92 Å². The molecule has 0 atom stereocenters. The van der Waals surface area contributed by atoms with E-state index in [0.29, 0.717) is 11.1 Å². The van der Waals surface area contributed by atoms with E-state index in [1.807, 2.05) is 6.07 Å². The molecule has 0 unspecified atom stereocenters. The highest BCUT2D eigenvalue weighted by Gasteiger charge is 2.17. The van der Waals surface area contributed by atoms with E-state index in [1.165, 1.54) is 25.9 Å². The summed E-state index contributed by atoms with van der Waals surface area (Å²) in [6, 6.07) is 1.82. The molecule has 2 aromatic rings. The van der Waals surface area contributed by atoms with Crippen molar-refractivity contribution < 1.29 is 0 Å². The zero-order valence-corrected chi connectivity index (χ0v) is 13.7. The first kappa shape index (κ1) is 14.1. The van der Waals surface area contributed by atoms with Crippen LogP contribution in [0.15, 0.2) is 16.7 Å². The third-order valence-electron chi connectivity index (χ3n) is 3.81. The van der Waals surface area contributed by atoms with Gasteiger partial charge in [-0.1, -0.05) is 11.6 Å². The molecule has 0 aromatic carbocycles.